The number of hydrogen-bond acceptors (Lipinski definition) is 4. The summed E-state index contributed by atoms with van der Waals surface area (Å²) in [6.45, 7) is 24.2. The van der Waals surface area contributed by atoms with Gasteiger partial charge in [-0.2, -0.15) is 0 Å². The largest absolute Gasteiger partial charge is 0.483 e. The van der Waals surface area contributed by atoms with E-state index < -0.39 is 6.29 Å². The van der Waals surface area contributed by atoms with Gasteiger partial charge in [0.2, 0.25) is 6.29 Å². The summed E-state index contributed by atoms with van der Waals surface area (Å²) in [5.74, 6) is -0.205. The molecule has 0 radical (unpaired) electrons. The van der Waals surface area contributed by atoms with E-state index in [1.165, 1.54) is 19.3 Å². The van der Waals surface area contributed by atoms with Crippen molar-refractivity contribution < 1.29 is 24.2 Å². The van der Waals surface area contributed by atoms with Crippen molar-refractivity contribution in [2.24, 2.45) is 5.41 Å². The first-order valence-electron chi connectivity index (χ1n) is 12.3. The van der Waals surface area contributed by atoms with Crippen molar-refractivity contribution in [2.75, 3.05) is 0 Å². The summed E-state index contributed by atoms with van der Waals surface area (Å²) < 4.78 is 11.7. The molecule has 0 saturated heterocycles. The van der Waals surface area contributed by atoms with Crippen molar-refractivity contribution in [3.05, 3.63) is 12.2 Å². The molecule has 1 saturated carbocycles. The maximum atomic E-state index is 12.1. The van der Waals surface area contributed by atoms with Crippen LogP contribution >= 0.6 is 0 Å². The Morgan fingerprint density at radius 3 is 1.90 bits per heavy atom. The lowest BCUT2D eigenvalue weighted by molar-refractivity contribution is -0.199. The van der Waals surface area contributed by atoms with E-state index >= 15 is 0 Å². The number of esters is 1. The normalized spacial score (nSPS) is 13.7. The summed E-state index contributed by atoms with van der Waals surface area (Å²) in [5.41, 5.74) is 1.01. The number of carbonyl (C=O) groups excluding carboxylic acids is 1. The van der Waals surface area contributed by atoms with Crippen molar-refractivity contribution in [3.8, 4) is 0 Å². The highest BCUT2D eigenvalue weighted by molar-refractivity contribution is 5.72. The van der Waals surface area contributed by atoms with Crippen molar-refractivity contribution in [3.63, 3.8) is 0 Å². The zero-order chi connectivity index (χ0) is 25.3. The van der Waals surface area contributed by atoms with Gasteiger partial charge in [0.15, 0.2) is 0 Å². The van der Waals surface area contributed by atoms with Gasteiger partial charge < -0.3 is 14.6 Å². The van der Waals surface area contributed by atoms with Gasteiger partial charge in [0, 0.05) is 6.42 Å². The molecule has 0 amide bonds. The lowest BCUT2D eigenvalue weighted by atomic mass is 9.91. The third-order valence-electron chi connectivity index (χ3n) is 3.94. The zero-order valence-electron chi connectivity index (χ0n) is 22.4. The van der Waals surface area contributed by atoms with E-state index in [-0.39, 0.29) is 24.0 Å². The van der Waals surface area contributed by atoms with E-state index in [4.69, 9.17) is 19.4 Å². The van der Waals surface area contributed by atoms with Crippen molar-refractivity contribution in [1.29, 1.82) is 0 Å². The summed E-state index contributed by atoms with van der Waals surface area (Å²) in [5, 5.41) is 6.89. The smallest absolute Gasteiger partial charge is 0.312 e. The fraction of sp³-hybridized carbons (Fsp3) is 0.846. The standard InChI is InChI=1S/C19H34O3.3C2H6.CH2O2/c1-6-10-15(2)13-17(20)22-18(14-19(3,4)5)21-16-11-8-7-9-12-16;3*1-2;2-1-3/h16,18H,2,6-14H2,1,3-5H3;3*1-2H3;1H,(H,2,3). The van der Waals surface area contributed by atoms with Crippen LogP contribution in [0.2, 0.25) is 0 Å². The first-order chi connectivity index (χ1) is 14.7. The topological polar surface area (TPSA) is 72.8 Å². The van der Waals surface area contributed by atoms with Crippen LogP contribution in [0.15, 0.2) is 12.2 Å². The maximum absolute atomic E-state index is 12.1. The lowest BCUT2D eigenvalue weighted by Gasteiger charge is -2.31. The van der Waals surface area contributed by atoms with E-state index in [0.29, 0.717) is 6.42 Å². The Labute approximate surface area is 194 Å². The van der Waals surface area contributed by atoms with Crippen LogP contribution in [0.4, 0.5) is 0 Å². The zero-order valence-corrected chi connectivity index (χ0v) is 22.4. The Morgan fingerprint density at radius 1 is 1.06 bits per heavy atom. The average molecular weight is 447 g/mol. The first kappa shape index (κ1) is 37.0. The molecule has 0 aromatic heterocycles. The maximum Gasteiger partial charge on any atom is 0.312 e. The van der Waals surface area contributed by atoms with Gasteiger partial charge in [-0.15, -0.1) is 0 Å². The van der Waals surface area contributed by atoms with Gasteiger partial charge in [-0.1, -0.05) is 107 Å². The van der Waals surface area contributed by atoms with Crippen LogP contribution < -0.4 is 0 Å². The molecular formula is C26H54O5. The molecule has 1 aliphatic carbocycles. The summed E-state index contributed by atoms with van der Waals surface area (Å²) >= 11 is 0. The molecule has 0 bridgehead atoms. The Morgan fingerprint density at radius 2 is 1.52 bits per heavy atom. The Balaban J connectivity index is -0.000000354. The molecule has 188 valence electrons. The predicted octanol–water partition coefficient (Wildman–Crippen LogP) is 8.17. The molecule has 0 aliphatic heterocycles. The lowest BCUT2D eigenvalue weighted by Crippen LogP contribution is -2.31. The summed E-state index contributed by atoms with van der Waals surface area (Å²) in [6.07, 6.45) is 8.64. The second-order valence-corrected chi connectivity index (χ2v) is 7.86. The minimum Gasteiger partial charge on any atom is -0.483 e. The second kappa shape index (κ2) is 26.7. The van der Waals surface area contributed by atoms with Crippen LogP contribution in [0.25, 0.3) is 0 Å². The number of carboxylic acid groups (broad SMARTS) is 1. The fourth-order valence-electron chi connectivity index (χ4n) is 2.87. The molecule has 0 spiro atoms. The Bertz CT molecular complexity index is 393. The molecule has 31 heavy (non-hydrogen) atoms. The highest BCUT2D eigenvalue weighted by Gasteiger charge is 2.26. The Hall–Kier alpha value is -1.36. The molecule has 0 aromatic rings. The molecule has 5 heteroatoms. The molecule has 1 atom stereocenters. The van der Waals surface area contributed by atoms with E-state index in [0.717, 1.165) is 37.7 Å². The molecule has 0 aromatic carbocycles. The van der Waals surface area contributed by atoms with Crippen molar-refractivity contribution in [1.82, 2.24) is 0 Å². The van der Waals surface area contributed by atoms with Crippen LogP contribution in [-0.4, -0.2) is 29.9 Å². The molecule has 1 unspecified atom stereocenters. The van der Waals surface area contributed by atoms with Gasteiger partial charge in [-0.05, 0) is 24.7 Å². The van der Waals surface area contributed by atoms with Crippen LogP contribution in [0.5, 0.6) is 0 Å². The van der Waals surface area contributed by atoms with Gasteiger partial charge in [-0.25, -0.2) is 0 Å². The van der Waals surface area contributed by atoms with E-state index in [1.807, 2.05) is 41.5 Å². The van der Waals surface area contributed by atoms with E-state index in [2.05, 4.69) is 34.3 Å². The molecule has 1 fully saturated rings. The highest BCUT2D eigenvalue weighted by Crippen LogP contribution is 2.28. The minimum atomic E-state index is -0.426. The molecule has 0 heterocycles. The third kappa shape index (κ3) is 28.6. The predicted molar refractivity (Wildman–Crippen MR) is 133 cm³/mol. The summed E-state index contributed by atoms with van der Waals surface area (Å²) in [7, 11) is 0. The number of hydrogen-bond donors (Lipinski definition) is 1. The second-order valence-electron chi connectivity index (χ2n) is 7.86. The minimum absolute atomic E-state index is 0.0695. The quantitative estimate of drug-likeness (QED) is 0.176. The van der Waals surface area contributed by atoms with Crippen LogP contribution in [-0.2, 0) is 19.1 Å². The van der Waals surface area contributed by atoms with Crippen molar-refractivity contribution >= 4 is 12.4 Å². The third-order valence-corrected chi connectivity index (χ3v) is 3.94. The fourth-order valence-corrected chi connectivity index (χ4v) is 2.87. The SMILES string of the molecule is C=C(CCC)CC(=O)OC(CC(C)(C)C)OC1CCCCC1.CC.CC.CC.O=CO. The van der Waals surface area contributed by atoms with Crippen LogP contribution in [0.3, 0.4) is 0 Å². The Kier molecular flexibility index (Phi) is 31.8. The molecule has 1 rings (SSSR count). The van der Waals surface area contributed by atoms with Crippen molar-refractivity contribution in [2.45, 2.75) is 139 Å². The highest BCUT2D eigenvalue weighted by atomic mass is 16.7. The first-order valence-corrected chi connectivity index (χ1v) is 12.3. The molecule has 5 nitrogen and oxygen atoms in total. The number of rotatable bonds is 8. The van der Waals surface area contributed by atoms with Gasteiger partial charge in [0.25, 0.3) is 6.47 Å². The summed E-state index contributed by atoms with van der Waals surface area (Å²) in [6, 6.07) is 0. The van der Waals surface area contributed by atoms with Gasteiger partial charge in [0.1, 0.15) is 0 Å². The molecule has 1 N–H and O–H groups in total. The monoisotopic (exact) mass is 446 g/mol. The molecular weight excluding hydrogens is 392 g/mol. The van der Waals surface area contributed by atoms with Gasteiger partial charge in [-0.3, -0.25) is 9.59 Å². The van der Waals surface area contributed by atoms with Gasteiger partial charge >= 0.3 is 5.97 Å². The summed E-state index contributed by atoms with van der Waals surface area (Å²) in [4.78, 5) is 20.5. The van der Waals surface area contributed by atoms with Gasteiger partial charge in [0.05, 0.1) is 12.5 Å². The number of carbonyl (C=O) groups is 2. The number of ether oxygens (including phenoxy) is 2. The average Bonchev–Trinajstić information content (AvgIpc) is 2.72. The van der Waals surface area contributed by atoms with Crippen LogP contribution in [0.1, 0.15) is 127 Å². The van der Waals surface area contributed by atoms with Crippen LogP contribution in [0, 0.1) is 5.41 Å². The molecule has 1 aliphatic rings. The van der Waals surface area contributed by atoms with E-state index in [9.17, 15) is 4.79 Å². The van der Waals surface area contributed by atoms with E-state index in [1.54, 1.807) is 0 Å².